The summed E-state index contributed by atoms with van der Waals surface area (Å²) < 4.78 is 0. The van der Waals surface area contributed by atoms with E-state index in [9.17, 15) is 4.79 Å². The van der Waals surface area contributed by atoms with E-state index >= 15 is 0 Å². The first-order valence-electron chi connectivity index (χ1n) is 10.1. The highest BCUT2D eigenvalue weighted by Crippen LogP contribution is 2.31. The lowest BCUT2D eigenvalue weighted by Crippen LogP contribution is -2.51. The molecule has 0 N–H and O–H groups in total. The first kappa shape index (κ1) is 18.1. The van der Waals surface area contributed by atoms with Gasteiger partial charge in [-0.05, 0) is 55.5 Å². The summed E-state index contributed by atoms with van der Waals surface area (Å²) in [5.41, 5.74) is 2.36. The topological polar surface area (TPSA) is 49.3 Å². The Morgan fingerprint density at radius 2 is 1.78 bits per heavy atom. The summed E-state index contributed by atoms with van der Waals surface area (Å²) in [6, 6.07) is 8.43. The summed E-state index contributed by atoms with van der Waals surface area (Å²) in [7, 11) is 0. The lowest BCUT2D eigenvalue weighted by atomic mass is 9.83. The molecule has 0 bridgehead atoms. The van der Waals surface area contributed by atoms with Gasteiger partial charge in [0.25, 0.3) is 0 Å². The van der Waals surface area contributed by atoms with Crippen molar-refractivity contribution < 1.29 is 4.79 Å². The third-order valence-corrected chi connectivity index (χ3v) is 5.86. The number of nitrogens with zero attached hydrogens (tertiary/aromatic N) is 4. The van der Waals surface area contributed by atoms with Gasteiger partial charge in [-0.2, -0.15) is 0 Å². The first-order valence-corrected chi connectivity index (χ1v) is 10.1. The van der Waals surface area contributed by atoms with Crippen LogP contribution in [0.1, 0.15) is 43.2 Å². The molecule has 5 heteroatoms. The molecule has 2 aliphatic rings. The summed E-state index contributed by atoms with van der Waals surface area (Å²) in [6.07, 6.45) is 12.9. The first-order chi connectivity index (χ1) is 13.3. The van der Waals surface area contributed by atoms with Crippen LogP contribution in [0.5, 0.6) is 0 Å². The Bertz CT molecular complexity index is 732. The Morgan fingerprint density at radius 3 is 2.41 bits per heavy atom. The van der Waals surface area contributed by atoms with Crippen molar-refractivity contribution in [2.24, 2.45) is 5.92 Å². The minimum Gasteiger partial charge on any atom is -0.334 e. The molecule has 1 aliphatic carbocycles. The molecule has 0 radical (unpaired) electrons. The molecule has 1 atom stereocenters. The fraction of sp³-hybridized carbons (Fsp3) is 0.500. The highest BCUT2D eigenvalue weighted by Gasteiger charge is 2.35. The van der Waals surface area contributed by atoms with Crippen molar-refractivity contribution in [2.75, 3.05) is 13.1 Å². The molecule has 1 saturated heterocycles. The standard InChI is InChI=1S/C22H28N4O/c27-22(20-7-1-8-20)26(16-19-6-3-11-24-14-19)21-9-4-12-25(17-21)15-18-5-2-10-23-13-18/h2-3,5-6,10-11,13-14,20-21H,1,4,7-9,12,15-17H2. The molecule has 2 fully saturated rings. The number of hydrogen-bond acceptors (Lipinski definition) is 4. The molecule has 3 heterocycles. The second-order valence-corrected chi connectivity index (χ2v) is 7.85. The van der Waals surface area contributed by atoms with Gasteiger partial charge in [-0.3, -0.25) is 19.7 Å². The van der Waals surface area contributed by atoms with E-state index in [2.05, 4.69) is 31.9 Å². The molecule has 0 spiro atoms. The van der Waals surface area contributed by atoms with E-state index in [-0.39, 0.29) is 12.0 Å². The van der Waals surface area contributed by atoms with Gasteiger partial charge in [0.05, 0.1) is 0 Å². The smallest absolute Gasteiger partial charge is 0.226 e. The van der Waals surface area contributed by atoms with Crippen molar-refractivity contribution in [3.05, 3.63) is 60.2 Å². The van der Waals surface area contributed by atoms with Gasteiger partial charge in [0.2, 0.25) is 5.91 Å². The third-order valence-electron chi connectivity index (χ3n) is 5.86. The fourth-order valence-electron chi connectivity index (χ4n) is 4.14. The van der Waals surface area contributed by atoms with Gasteiger partial charge in [0.1, 0.15) is 0 Å². The molecule has 27 heavy (non-hydrogen) atoms. The Morgan fingerprint density at radius 1 is 1.04 bits per heavy atom. The van der Waals surface area contributed by atoms with Crippen molar-refractivity contribution in [3.63, 3.8) is 0 Å². The molecule has 1 unspecified atom stereocenters. The Kier molecular flexibility index (Phi) is 5.78. The average molecular weight is 364 g/mol. The molecular weight excluding hydrogens is 336 g/mol. The number of aromatic nitrogens is 2. The molecule has 1 saturated carbocycles. The highest BCUT2D eigenvalue weighted by atomic mass is 16.2. The van der Waals surface area contributed by atoms with Crippen molar-refractivity contribution in [3.8, 4) is 0 Å². The summed E-state index contributed by atoms with van der Waals surface area (Å²) in [5.74, 6) is 0.578. The Balaban J connectivity index is 1.47. The minimum absolute atomic E-state index is 0.232. The van der Waals surface area contributed by atoms with Crippen molar-refractivity contribution in [1.29, 1.82) is 0 Å². The summed E-state index contributed by atoms with van der Waals surface area (Å²) >= 11 is 0. The van der Waals surface area contributed by atoms with Crippen LogP contribution in [-0.2, 0) is 17.9 Å². The van der Waals surface area contributed by atoms with E-state index in [4.69, 9.17) is 0 Å². The molecule has 2 aromatic heterocycles. The molecule has 4 rings (SSSR count). The zero-order chi connectivity index (χ0) is 18.5. The van der Waals surface area contributed by atoms with Gasteiger partial charge in [-0.15, -0.1) is 0 Å². The Labute approximate surface area is 161 Å². The third kappa shape index (κ3) is 4.53. The maximum absolute atomic E-state index is 13.2. The van der Waals surface area contributed by atoms with Crippen LogP contribution in [0.25, 0.3) is 0 Å². The zero-order valence-electron chi connectivity index (χ0n) is 15.8. The van der Waals surface area contributed by atoms with Gasteiger partial charge in [0, 0.05) is 56.4 Å². The highest BCUT2D eigenvalue weighted by molar-refractivity contribution is 5.80. The number of carbonyl (C=O) groups is 1. The summed E-state index contributed by atoms with van der Waals surface area (Å²) in [4.78, 5) is 26.3. The quantitative estimate of drug-likeness (QED) is 0.789. The van der Waals surface area contributed by atoms with Crippen molar-refractivity contribution in [2.45, 2.75) is 51.2 Å². The fourth-order valence-corrected chi connectivity index (χ4v) is 4.14. The van der Waals surface area contributed by atoms with E-state index in [1.54, 1.807) is 6.20 Å². The number of hydrogen-bond donors (Lipinski definition) is 0. The van der Waals surface area contributed by atoms with E-state index in [1.807, 2.05) is 30.7 Å². The number of carbonyl (C=O) groups excluding carboxylic acids is 1. The van der Waals surface area contributed by atoms with E-state index in [1.165, 1.54) is 12.0 Å². The van der Waals surface area contributed by atoms with Crippen LogP contribution in [-0.4, -0.2) is 44.8 Å². The largest absolute Gasteiger partial charge is 0.334 e. The van der Waals surface area contributed by atoms with Crippen LogP contribution in [0.3, 0.4) is 0 Å². The lowest BCUT2D eigenvalue weighted by Gasteiger charge is -2.42. The number of amides is 1. The number of pyridine rings is 2. The predicted octanol–water partition coefficient (Wildman–Crippen LogP) is 3.27. The van der Waals surface area contributed by atoms with Crippen LogP contribution in [0.15, 0.2) is 49.1 Å². The zero-order valence-corrected chi connectivity index (χ0v) is 15.8. The van der Waals surface area contributed by atoms with E-state index in [0.717, 1.165) is 50.9 Å². The van der Waals surface area contributed by atoms with Crippen LogP contribution in [0, 0.1) is 5.92 Å². The minimum atomic E-state index is 0.232. The van der Waals surface area contributed by atoms with Gasteiger partial charge in [0.15, 0.2) is 0 Å². The molecule has 0 aromatic carbocycles. The normalized spacial score (nSPS) is 20.8. The molecule has 1 amide bonds. The number of likely N-dealkylation sites (tertiary alicyclic amines) is 1. The van der Waals surface area contributed by atoms with Crippen LogP contribution in [0.4, 0.5) is 0 Å². The molecule has 142 valence electrons. The second-order valence-electron chi connectivity index (χ2n) is 7.85. The van der Waals surface area contributed by atoms with Gasteiger partial charge in [-0.25, -0.2) is 0 Å². The Hall–Kier alpha value is -2.27. The van der Waals surface area contributed by atoms with E-state index in [0.29, 0.717) is 12.5 Å². The van der Waals surface area contributed by atoms with Crippen molar-refractivity contribution in [1.82, 2.24) is 19.8 Å². The van der Waals surface area contributed by atoms with E-state index < -0.39 is 0 Å². The monoisotopic (exact) mass is 364 g/mol. The van der Waals surface area contributed by atoms with Crippen molar-refractivity contribution >= 4 is 5.91 Å². The van der Waals surface area contributed by atoms with Gasteiger partial charge in [-0.1, -0.05) is 18.6 Å². The second kappa shape index (κ2) is 8.61. The van der Waals surface area contributed by atoms with Crippen LogP contribution >= 0.6 is 0 Å². The molecule has 5 nitrogen and oxygen atoms in total. The summed E-state index contributed by atoms with van der Waals surface area (Å²) in [6.45, 7) is 3.61. The SMILES string of the molecule is O=C(C1CCC1)N(Cc1cccnc1)C1CCCN(Cc2cccnc2)C1. The number of rotatable bonds is 6. The van der Waals surface area contributed by atoms with Crippen LogP contribution in [0.2, 0.25) is 0 Å². The molecule has 1 aliphatic heterocycles. The van der Waals surface area contributed by atoms with Crippen LogP contribution < -0.4 is 0 Å². The summed E-state index contributed by atoms with van der Waals surface area (Å²) in [5, 5.41) is 0. The lowest BCUT2D eigenvalue weighted by molar-refractivity contribution is -0.142. The van der Waals surface area contributed by atoms with Gasteiger partial charge >= 0.3 is 0 Å². The maximum atomic E-state index is 13.2. The molecular formula is C22H28N4O. The molecule has 2 aromatic rings. The average Bonchev–Trinajstić information content (AvgIpc) is 2.66. The predicted molar refractivity (Wildman–Crippen MR) is 105 cm³/mol. The number of piperidine rings is 1. The maximum Gasteiger partial charge on any atom is 0.226 e. The van der Waals surface area contributed by atoms with Gasteiger partial charge < -0.3 is 4.90 Å².